The normalized spacial score (nSPS) is 26.1. The lowest BCUT2D eigenvalue weighted by atomic mass is 9.94. The number of aryl methyl sites for hydroxylation is 1. The number of likely N-dealkylation sites (tertiary alicyclic amines) is 1. The van der Waals surface area contributed by atoms with Crippen LogP contribution in [0.2, 0.25) is 0 Å². The van der Waals surface area contributed by atoms with Crippen molar-refractivity contribution in [3.8, 4) is 0 Å². The summed E-state index contributed by atoms with van der Waals surface area (Å²) < 4.78 is 2.01. The third-order valence-corrected chi connectivity index (χ3v) is 4.36. The van der Waals surface area contributed by atoms with Gasteiger partial charge in [0.2, 0.25) is 5.91 Å². The smallest absolute Gasteiger partial charge is 0.326 e. The molecule has 3 heterocycles. The molecule has 1 saturated heterocycles. The van der Waals surface area contributed by atoms with Gasteiger partial charge >= 0.3 is 5.97 Å². The van der Waals surface area contributed by atoms with E-state index in [1.54, 1.807) is 11.1 Å². The number of carbonyl (C=O) groups is 2. The van der Waals surface area contributed by atoms with Gasteiger partial charge in [0.25, 0.3) is 0 Å². The first-order chi connectivity index (χ1) is 9.66. The second-order valence-corrected chi connectivity index (χ2v) is 5.61. The predicted molar refractivity (Wildman–Crippen MR) is 71.0 cm³/mol. The van der Waals surface area contributed by atoms with E-state index in [1.807, 2.05) is 10.8 Å². The van der Waals surface area contributed by atoms with Crippen molar-refractivity contribution in [1.82, 2.24) is 14.5 Å². The molecular formula is C14H19N3O3. The van der Waals surface area contributed by atoms with Crippen molar-refractivity contribution in [3.05, 3.63) is 18.2 Å². The summed E-state index contributed by atoms with van der Waals surface area (Å²) in [5.41, 5.74) is 0. The van der Waals surface area contributed by atoms with Crippen molar-refractivity contribution in [2.24, 2.45) is 5.92 Å². The van der Waals surface area contributed by atoms with Crippen molar-refractivity contribution in [2.45, 2.75) is 44.7 Å². The number of carboxylic acids is 1. The van der Waals surface area contributed by atoms with E-state index < -0.39 is 12.0 Å². The monoisotopic (exact) mass is 277 g/mol. The first-order valence-corrected chi connectivity index (χ1v) is 7.20. The maximum absolute atomic E-state index is 12.6. The van der Waals surface area contributed by atoms with Gasteiger partial charge < -0.3 is 14.6 Å². The second kappa shape index (κ2) is 5.26. The number of piperidine rings is 1. The van der Waals surface area contributed by atoms with Gasteiger partial charge in [-0.2, -0.15) is 0 Å². The van der Waals surface area contributed by atoms with Crippen LogP contribution < -0.4 is 0 Å². The molecule has 0 bridgehead atoms. The highest BCUT2D eigenvalue weighted by atomic mass is 16.4. The molecule has 1 unspecified atom stereocenters. The molecule has 1 amide bonds. The summed E-state index contributed by atoms with van der Waals surface area (Å²) in [7, 11) is 0. The van der Waals surface area contributed by atoms with Gasteiger partial charge in [-0.1, -0.05) is 0 Å². The van der Waals surface area contributed by atoms with Crippen molar-refractivity contribution in [1.29, 1.82) is 0 Å². The van der Waals surface area contributed by atoms with Crippen LogP contribution in [0.5, 0.6) is 0 Å². The second-order valence-electron chi connectivity index (χ2n) is 5.61. The average molecular weight is 277 g/mol. The summed E-state index contributed by atoms with van der Waals surface area (Å²) >= 11 is 0. The lowest BCUT2D eigenvalue weighted by Gasteiger charge is -2.36. The number of amides is 1. The number of carbonyl (C=O) groups excluding carboxylic acids is 1. The number of hydrogen-bond acceptors (Lipinski definition) is 3. The molecule has 2 aliphatic heterocycles. The van der Waals surface area contributed by atoms with Crippen molar-refractivity contribution >= 4 is 11.9 Å². The molecule has 0 aromatic carbocycles. The summed E-state index contributed by atoms with van der Waals surface area (Å²) in [6, 6.07) is -0.638. The minimum Gasteiger partial charge on any atom is -0.480 e. The molecule has 0 aliphatic carbocycles. The highest BCUT2D eigenvalue weighted by Crippen LogP contribution is 2.25. The van der Waals surface area contributed by atoms with Crippen LogP contribution in [0.1, 0.15) is 31.5 Å². The lowest BCUT2D eigenvalue weighted by molar-refractivity contribution is -0.154. The van der Waals surface area contributed by atoms with Crippen LogP contribution in [0.25, 0.3) is 0 Å². The minimum absolute atomic E-state index is 0.00329. The Hall–Kier alpha value is -1.85. The zero-order chi connectivity index (χ0) is 14.1. The van der Waals surface area contributed by atoms with Gasteiger partial charge in [-0.25, -0.2) is 9.78 Å². The number of rotatable bonds is 2. The van der Waals surface area contributed by atoms with Crippen LogP contribution in [0.4, 0.5) is 0 Å². The number of hydrogen-bond donors (Lipinski definition) is 1. The van der Waals surface area contributed by atoms with Crippen LogP contribution in [-0.2, 0) is 22.6 Å². The van der Waals surface area contributed by atoms with Crippen LogP contribution in [0.15, 0.2) is 12.4 Å². The van der Waals surface area contributed by atoms with Crippen LogP contribution in [-0.4, -0.2) is 44.0 Å². The van der Waals surface area contributed by atoms with E-state index in [1.165, 1.54) is 0 Å². The van der Waals surface area contributed by atoms with Crippen LogP contribution in [0.3, 0.4) is 0 Å². The summed E-state index contributed by atoms with van der Waals surface area (Å²) in [4.78, 5) is 29.8. The molecule has 0 saturated carbocycles. The Morgan fingerprint density at radius 3 is 2.95 bits per heavy atom. The van der Waals surface area contributed by atoms with Gasteiger partial charge in [-0.05, 0) is 25.7 Å². The molecule has 0 spiro atoms. The summed E-state index contributed by atoms with van der Waals surface area (Å²) in [6.45, 7) is 1.19. The van der Waals surface area contributed by atoms with Gasteiger partial charge in [0.15, 0.2) is 0 Å². The van der Waals surface area contributed by atoms with Crippen LogP contribution >= 0.6 is 0 Å². The Labute approximate surface area is 117 Å². The number of aromatic nitrogens is 2. The first-order valence-electron chi connectivity index (χ1n) is 7.20. The van der Waals surface area contributed by atoms with Gasteiger partial charge in [0.05, 0.1) is 5.92 Å². The highest BCUT2D eigenvalue weighted by Gasteiger charge is 2.36. The summed E-state index contributed by atoms with van der Waals surface area (Å²) in [5.74, 6) is 0.0211. The molecule has 2 aliphatic rings. The maximum Gasteiger partial charge on any atom is 0.326 e. The fraction of sp³-hybridized carbons (Fsp3) is 0.643. The number of nitrogens with zero attached hydrogens (tertiary/aromatic N) is 3. The molecule has 108 valence electrons. The Kier molecular flexibility index (Phi) is 3.46. The van der Waals surface area contributed by atoms with E-state index in [-0.39, 0.29) is 11.8 Å². The molecule has 1 N–H and O–H groups in total. The largest absolute Gasteiger partial charge is 0.480 e. The number of imidazole rings is 1. The highest BCUT2D eigenvalue weighted by molar-refractivity contribution is 5.85. The molecule has 1 aromatic rings. The molecule has 20 heavy (non-hydrogen) atoms. The Morgan fingerprint density at radius 2 is 2.15 bits per heavy atom. The van der Waals surface area contributed by atoms with Crippen molar-refractivity contribution in [2.75, 3.05) is 6.54 Å². The molecular weight excluding hydrogens is 258 g/mol. The Morgan fingerprint density at radius 1 is 1.30 bits per heavy atom. The quantitative estimate of drug-likeness (QED) is 0.872. The topological polar surface area (TPSA) is 75.4 Å². The maximum atomic E-state index is 12.6. The van der Waals surface area contributed by atoms with Crippen molar-refractivity contribution < 1.29 is 14.7 Å². The molecule has 1 fully saturated rings. The predicted octanol–water partition coefficient (Wildman–Crippen LogP) is 0.911. The fourth-order valence-electron chi connectivity index (χ4n) is 3.25. The zero-order valence-electron chi connectivity index (χ0n) is 11.4. The first kappa shape index (κ1) is 13.1. The Bertz CT molecular complexity index is 525. The SMILES string of the molecule is O=C(O)[C@H]1CCCCN1C(=O)C1CCc2nccn2C1. The van der Waals surface area contributed by atoms with Crippen LogP contribution in [0, 0.1) is 5.92 Å². The molecule has 0 radical (unpaired) electrons. The zero-order valence-corrected chi connectivity index (χ0v) is 11.4. The molecule has 2 atom stereocenters. The van der Waals surface area contributed by atoms with E-state index >= 15 is 0 Å². The van der Waals surface area contributed by atoms with Gasteiger partial charge in [0.1, 0.15) is 11.9 Å². The standard InChI is InChI=1S/C14H19N3O3/c18-13(17-7-2-1-3-11(17)14(19)20)10-4-5-12-15-6-8-16(12)9-10/h6,8,10-11H,1-5,7,9H2,(H,19,20)/t10?,11-/m1/s1. The number of aliphatic carboxylic acids is 1. The van der Waals surface area contributed by atoms with Gasteiger partial charge in [-0.15, -0.1) is 0 Å². The van der Waals surface area contributed by atoms with Crippen molar-refractivity contribution in [3.63, 3.8) is 0 Å². The number of carboxylic acid groups (broad SMARTS) is 1. The molecule has 6 nitrogen and oxygen atoms in total. The lowest BCUT2D eigenvalue weighted by Crippen LogP contribution is -2.51. The third-order valence-electron chi connectivity index (χ3n) is 4.36. The summed E-state index contributed by atoms with van der Waals surface area (Å²) in [6.07, 6.45) is 7.55. The minimum atomic E-state index is -0.878. The van der Waals surface area contributed by atoms with Gasteiger partial charge in [-0.3, -0.25) is 4.79 Å². The molecule has 6 heteroatoms. The Balaban J connectivity index is 1.73. The van der Waals surface area contributed by atoms with E-state index in [0.717, 1.165) is 31.5 Å². The van der Waals surface area contributed by atoms with E-state index in [9.17, 15) is 14.7 Å². The van der Waals surface area contributed by atoms with E-state index in [4.69, 9.17) is 0 Å². The molecule has 3 rings (SSSR count). The number of fused-ring (bicyclic) bond motifs is 1. The average Bonchev–Trinajstić information content (AvgIpc) is 2.93. The third kappa shape index (κ3) is 2.30. The summed E-state index contributed by atoms with van der Waals surface area (Å²) in [5, 5.41) is 9.27. The van der Waals surface area contributed by atoms with E-state index in [2.05, 4.69) is 4.98 Å². The van der Waals surface area contributed by atoms with E-state index in [0.29, 0.717) is 19.5 Å². The molecule has 1 aromatic heterocycles. The fourth-order valence-corrected chi connectivity index (χ4v) is 3.25. The van der Waals surface area contributed by atoms with Gasteiger partial charge in [0, 0.05) is 31.9 Å².